The van der Waals surface area contributed by atoms with Gasteiger partial charge in [0.2, 0.25) is 0 Å². The smallest absolute Gasteiger partial charge is 0.311 e. The summed E-state index contributed by atoms with van der Waals surface area (Å²) in [5.74, 6) is 0.0930. The third-order valence-electron chi connectivity index (χ3n) is 5.85. The van der Waals surface area contributed by atoms with Crippen molar-refractivity contribution in [1.29, 1.82) is 5.26 Å². The first kappa shape index (κ1) is 18.9. The third-order valence-corrected chi connectivity index (χ3v) is 5.85. The van der Waals surface area contributed by atoms with Crippen LogP contribution in [0.2, 0.25) is 0 Å². The van der Waals surface area contributed by atoms with Gasteiger partial charge in [-0.05, 0) is 43.0 Å². The molecular formula is C21H29N3O2. The molecule has 3 rings (SSSR count). The van der Waals surface area contributed by atoms with Crippen LogP contribution < -0.4 is 0 Å². The van der Waals surface area contributed by atoms with Crippen molar-refractivity contribution in [2.45, 2.75) is 33.2 Å². The van der Waals surface area contributed by atoms with Crippen molar-refractivity contribution in [2.24, 2.45) is 17.3 Å². The van der Waals surface area contributed by atoms with Crippen molar-refractivity contribution >= 4 is 5.97 Å². The molecule has 0 aliphatic carbocycles. The minimum absolute atomic E-state index is 0.167. The molecule has 2 fully saturated rings. The number of hydrogen-bond acceptors (Lipinski definition) is 4. The second kappa shape index (κ2) is 7.77. The molecule has 140 valence electrons. The van der Waals surface area contributed by atoms with Crippen LogP contribution in [-0.2, 0) is 11.3 Å². The average Bonchev–Trinajstić information content (AvgIpc) is 2.83. The summed E-state index contributed by atoms with van der Waals surface area (Å²) in [7, 11) is 0. The molecule has 2 saturated heterocycles. The van der Waals surface area contributed by atoms with Crippen molar-refractivity contribution in [3.63, 3.8) is 0 Å². The van der Waals surface area contributed by atoms with Crippen LogP contribution in [0.1, 0.15) is 37.8 Å². The molecule has 0 bridgehead atoms. The molecular weight excluding hydrogens is 326 g/mol. The summed E-state index contributed by atoms with van der Waals surface area (Å²) < 4.78 is 0. The van der Waals surface area contributed by atoms with Gasteiger partial charge >= 0.3 is 5.97 Å². The monoisotopic (exact) mass is 355 g/mol. The van der Waals surface area contributed by atoms with Gasteiger partial charge in [0.05, 0.1) is 17.0 Å². The maximum Gasteiger partial charge on any atom is 0.311 e. The largest absolute Gasteiger partial charge is 0.481 e. The minimum atomic E-state index is -0.623. The van der Waals surface area contributed by atoms with Crippen molar-refractivity contribution in [3.05, 3.63) is 35.4 Å². The van der Waals surface area contributed by atoms with Crippen LogP contribution in [0, 0.1) is 28.6 Å². The van der Waals surface area contributed by atoms with Gasteiger partial charge in [-0.15, -0.1) is 0 Å². The lowest BCUT2D eigenvalue weighted by Crippen LogP contribution is -2.41. The molecule has 0 spiro atoms. The Morgan fingerprint density at radius 2 is 2.15 bits per heavy atom. The number of nitriles is 1. The van der Waals surface area contributed by atoms with E-state index in [1.807, 2.05) is 18.2 Å². The molecule has 5 nitrogen and oxygen atoms in total. The van der Waals surface area contributed by atoms with E-state index in [9.17, 15) is 9.90 Å². The van der Waals surface area contributed by atoms with Crippen molar-refractivity contribution in [1.82, 2.24) is 9.80 Å². The summed E-state index contributed by atoms with van der Waals surface area (Å²) in [6, 6.07) is 9.93. The van der Waals surface area contributed by atoms with Gasteiger partial charge in [-0.25, -0.2) is 0 Å². The maximum absolute atomic E-state index is 12.2. The van der Waals surface area contributed by atoms with Crippen LogP contribution in [0.3, 0.4) is 0 Å². The van der Waals surface area contributed by atoms with E-state index in [4.69, 9.17) is 5.26 Å². The molecule has 2 heterocycles. The van der Waals surface area contributed by atoms with E-state index in [0.29, 0.717) is 18.0 Å². The quantitative estimate of drug-likeness (QED) is 0.880. The number of carbonyl (C=O) groups is 1. The predicted octanol–water partition coefficient (Wildman–Crippen LogP) is 2.81. The number of carboxylic acid groups (broad SMARTS) is 1. The zero-order valence-corrected chi connectivity index (χ0v) is 15.8. The van der Waals surface area contributed by atoms with Gasteiger partial charge in [-0.1, -0.05) is 26.0 Å². The van der Waals surface area contributed by atoms with Gasteiger partial charge in [0.25, 0.3) is 0 Å². The molecule has 0 aromatic heterocycles. The number of carboxylic acids is 1. The highest BCUT2D eigenvalue weighted by Gasteiger charge is 2.53. The Hall–Kier alpha value is -1.90. The van der Waals surface area contributed by atoms with E-state index in [1.54, 1.807) is 0 Å². The van der Waals surface area contributed by atoms with E-state index in [2.05, 4.69) is 35.8 Å². The van der Waals surface area contributed by atoms with E-state index >= 15 is 0 Å². The number of likely N-dealkylation sites (tertiary alicyclic amines) is 2. The predicted molar refractivity (Wildman–Crippen MR) is 101 cm³/mol. The summed E-state index contributed by atoms with van der Waals surface area (Å²) in [6.07, 6.45) is 1.67. The highest BCUT2D eigenvalue weighted by molar-refractivity contribution is 5.76. The minimum Gasteiger partial charge on any atom is -0.481 e. The summed E-state index contributed by atoms with van der Waals surface area (Å²) in [6.45, 7) is 9.43. The maximum atomic E-state index is 12.2. The first-order chi connectivity index (χ1) is 12.4. The number of rotatable bonds is 5. The molecule has 0 saturated carbocycles. The van der Waals surface area contributed by atoms with E-state index in [-0.39, 0.29) is 5.92 Å². The van der Waals surface area contributed by atoms with Crippen LogP contribution >= 0.6 is 0 Å². The fraction of sp³-hybridized carbons (Fsp3) is 0.619. The zero-order chi connectivity index (χ0) is 18.7. The van der Waals surface area contributed by atoms with E-state index < -0.39 is 11.4 Å². The Morgan fingerprint density at radius 3 is 2.85 bits per heavy atom. The first-order valence-electron chi connectivity index (χ1n) is 9.60. The number of hydrogen-bond donors (Lipinski definition) is 1. The highest BCUT2D eigenvalue weighted by Crippen LogP contribution is 2.43. The lowest BCUT2D eigenvalue weighted by molar-refractivity contribution is -0.151. The lowest BCUT2D eigenvalue weighted by Gasteiger charge is -2.29. The molecule has 2 atom stereocenters. The fourth-order valence-electron chi connectivity index (χ4n) is 4.76. The third kappa shape index (κ3) is 3.92. The van der Waals surface area contributed by atoms with Crippen LogP contribution in [0.25, 0.3) is 0 Å². The topological polar surface area (TPSA) is 67.6 Å². The Labute approximate surface area is 156 Å². The van der Waals surface area contributed by atoms with Crippen molar-refractivity contribution in [3.8, 4) is 6.07 Å². The van der Waals surface area contributed by atoms with Crippen LogP contribution in [0.15, 0.2) is 24.3 Å². The second-order valence-corrected chi connectivity index (χ2v) is 8.40. The summed E-state index contributed by atoms with van der Waals surface area (Å²) in [5, 5.41) is 19.1. The Morgan fingerprint density at radius 1 is 1.38 bits per heavy atom. The van der Waals surface area contributed by atoms with Crippen molar-refractivity contribution in [2.75, 3.05) is 32.7 Å². The molecule has 5 heteroatoms. The Kier molecular flexibility index (Phi) is 5.64. The Bertz CT molecular complexity index is 697. The van der Waals surface area contributed by atoms with Gasteiger partial charge in [-0.3, -0.25) is 9.69 Å². The normalized spacial score (nSPS) is 27.1. The van der Waals surface area contributed by atoms with E-state index in [1.165, 1.54) is 0 Å². The summed E-state index contributed by atoms with van der Waals surface area (Å²) >= 11 is 0. The van der Waals surface area contributed by atoms with Crippen molar-refractivity contribution < 1.29 is 9.90 Å². The summed E-state index contributed by atoms with van der Waals surface area (Å²) in [5.41, 5.74) is 1.21. The van der Waals surface area contributed by atoms with E-state index in [0.717, 1.165) is 51.1 Å². The lowest BCUT2D eigenvalue weighted by atomic mass is 9.75. The standard InChI is InChI=1S/C21H29N3O2/c1-16(2)11-24-14-19-13-23(8-4-7-21(19,15-24)20(25)26)12-18-6-3-5-17(9-18)10-22/h3,5-6,9,16,19H,4,7-8,11-15H2,1-2H3,(H,25,26)/t19-,21-/m1/s1. The highest BCUT2D eigenvalue weighted by atomic mass is 16.4. The number of nitrogens with zero attached hydrogens (tertiary/aromatic N) is 3. The molecule has 2 aliphatic heterocycles. The molecule has 0 radical (unpaired) electrons. The summed E-state index contributed by atoms with van der Waals surface area (Å²) in [4.78, 5) is 16.9. The van der Waals surface area contributed by atoms with Gasteiger partial charge in [0, 0.05) is 38.6 Å². The van der Waals surface area contributed by atoms with Gasteiger partial charge in [0.1, 0.15) is 0 Å². The molecule has 0 unspecified atom stereocenters. The Balaban J connectivity index is 1.75. The van der Waals surface area contributed by atoms with Gasteiger partial charge in [0.15, 0.2) is 0 Å². The molecule has 2 aliphatic rings. The average molecular weight is 355 g/mol. The molecule has 1 N–H and O–H groups in total. The zero-order valence-electron chi connectivity index (χ0n) is 15.8. The molecule has 0 amide bonds. The molecule has 26 heavy (non-hydrogen) atoms. The van der Waals surface area contributed by atoms with Crippen LogP contribution in [-0.4, -0.2) is 53.6 Å². The number of fused-ring (bicyclic) bond motifs is 1. The van der Waals surface area contributed by atoms with Crippen LogP contribution in [0.5, 0.6) is 0 Å². The van der Waals surface area contributed by atoms with Gasteiger partial charge in [-0.2, -0.15) is 5.26 Å². The number of benzene rings is 1. The van der Waals surface area contributed by atoms with Gasteiger partial charge < -0.3 is 10.0 Å². The SMILES string of the molecule is CC(C)CN1C[C@H]2CN(Cc3cccc(C#N)c3)CCC[C@@]2(C(=O)O)C1. The second-order valence-electron chi connectivity index (χ2n) is 8.40. The number of aliphatic carboxylic acids is 1. The van der Waals surface area contributed by atoms with Crippen LogP contribution in [0.4, 0.5) is 0 Å². The molecule has 1 aromatic carbocycles. The fourth-order valence-corrected chi connectivity index (χ4v) is 4.76. The first-order valence-corrected chi connectivity index (χ1v) is 9.60. The molecule has 1 aromatic rings.